The number of phenolic OH excluding ortho intramolecular Hbond substituents is 1. The predicted octanol–water partition coefficient (Wildman–Crippen LogP) is 2.44. The van der Waals surface area contributed by atoms with Gasteiger partial charge in [-0.3, -0.25) is 4.79 Å². The number of hydrogen-bond donors (Lipinski definition) is 3. The first-order valence-electron chi connectivity index (χ1n) is 6.97. The molecule has 0 heterocycles. The molecule has 1 unspecified atom stereocenters. The lowest BCUT2D eigenvalue weighted by Gasteiger charge is -2.13. The van der Waals surface area contributed by atoms with Crippen LogP contribution in [0, 0.1) is 0 Å². The third kappa shape index (κ3) is 4.24. The van der Waals surface area contributed by atoms with Crippen LogP contribution in [0.15, 0.2) is 48.5 Å². The van der Waals surface area contributed by atoms with Gasteiger partial charge >= 0.3 is 0 Å². The number of nitrogens with two attached hydrogens (primary N) is 1. The Balaban J connectivity index is 1.85. The fourth-order valence-corrected chi connectivity index (χ4v) is 2.13. The van der Waals surface area contributed by atoms with Crippen LogP contribution in [0.3, 0.4) is 0 Å². The van der Waals surface area contributed by atoms with E-state index in [2.05, 4.69) is 5.32 Å². The summed E-state index contributed by atoms with van der Waals surface area (Å²) in [5.41, 5.74) is 8.38. The van der Waals surface area contributed by atoms with E-state index in [1.54, 1.807) is 18.2 Å². The molecule has 0 spiro atoms. The van der Waals surface area contributed by atoms with E-state index in [4.69, 9.17) is 5.73 Å². The predicted molar refractivity (Wildman–Crippen MR) is 84.1 cm³/mol. The number of anilines is 1. The summed E-state index contributed by atoms with van der Waals surface area (Å²) < 4.78 is 0. The average Bonchev–Trinajstić information content (AvgIpc) is 2.48. The maximum absolute atomic E-state index is 12.1. The molecule has 2 aromatic carbocycles. The fourth-order valence-electron chi connectivity index (χ4n) is 2.13. The maximum atomic E-state index is 12.1. The van der Waals surface area contributed by atoms with Crippen molar-refractivity contribution in [3.05, 3.63) is 59.7 Å². The van der Waals surface area contributed by atoms with Gasteiger partial charge in [0, 0.05) is 12.2 Å². The van der Waals surface area contributed by atoms with Crippen molar-refractivity contribution >= 4 is 11.6 Å². The highest BCUT2D eigenvalue weighted by atomic mass is 16.3. The Bertz CT molecular complexity index is 608. The summed E-state index contributed by atoms with van der Waals surface area (Å²) in [6.07, 6.45) is 0.732. The number of carbonyl (C=O) groups is 1. The first-order chi connectivity index (χ1) is 10.1. The number of nitrogens with one attached hydrogen (secondary N) is 1. The summed E-state index contributed by atoms with van der Waals surface area (Å²) in [6, 6.07) is 14.4. The van der Waals surface area contributed by atoms with Crippen molar-refractivity contribution in [2.75, 3.05) is 12.3 Å². The van der Waals surface area contributed by atoms with Crippen molar-refractivity contribution in [3.8, 4) is 5.75 Å². The highest BCUT2D eigenvalue weighted by Crippen LogP contribution is 2.17. The van der Waals surface area contributed by atoms with Gasteiger partial charge < -0.3 is 16.2 Å². The van der Waals surface area contributed by atoms with E-state index in [0.29, 0.717) is 12.2 Å². The Hall–Kier alpha value is -2.49. The number of amides is 1. The average molecular weight is 284 g/mol. The zero-order valence-corrected chi connectivity index (χ0v) is 12.0. The van der Waals surface area contributed by atoms with Gasteiger partial charge in [-0.05, 0) is 48.7 Å². The summed E-state index contributed by atoms with van der Waals surface area (Å²) in [5, 5.41) is 12.1. The molecular formula is C17H20N2O2. The number of phenols is 1. The second-order valence-electron chi connectivity index (χ2n) is 5.10. The molecular weight excluding hydrogens is 264 g/mol. The van der Waals surface area contributed by atoms with Crippen LogP contribution in [0.5, 0.6) is 5.75 Å². The van der Waals surface area contributed by atoms with E-state index in [9.17, 15) is 9.90 Å². The van der Waals surface area contributed by atoms with Crippen LogP contribution in [-0.4, -0.2) is 17.6 Å². The third-order valence-electron chi connectivity index (χ3n) is 3.45. The Morgan fingerprint density at radius 2 is 1.95 bits per heavy atom. The van der Waals surface area contributed by atoms with E-state index in [0.717, 1.165) is 17.5 Å². The Labute approximate surface area is 124 Å². The number of nitrogen functional groups attached to an aromatic ring is 1. The van der Waals surface area contributed by atoms with Crippen molar-refractivity contribution in [3.63, 3.8) is 0 Å². The second-order valence-corrected chi connectivity index (χ2v) is 5.10. The first-order valence-corrected chi connectivity index (χ1v) is 6.97. The van der Waals surface area contributed by atoms with Gasteiger partial charge in [0.25, 0.3) is 0 Å². The SMILES string of the molecule is CC(C(=O)NCCc1ccc(O)cc1)c1cccc(N)c1. The quantitative estimate of drug-likeness (QED) is 0.738. The number of hydrogen-bond acceptors (Lipinski definition) is 3. The van der Waals surface area contributed by atoms with Gasteiger partial charge in [-0.2, -0.15) is 0 Å². The minimum atomic E-state index is -0.228. The number of rotatable bonds is 5. The number of aromatic hydroxyl groups is 1. The number of benzene rings is 2. The van der Waals surface area contributed by atoms with E-state index in [1.165, 1.54) is 0 Å². The molecule has 2 aromatic rings. The molecule has 4 nitrogen and oxygen atoms in total. The summed E-state index contributed by atoms with van der Waals surface area (Å²) in [5.74, 6) is 0.00534. The molecule has 0 aliphatic heterocycles. The summed E-state index contributed by atoms with van der Waals surface area (Å²) in [7, 11) is 0. The van der Waals surface area contributed by atoms with Gasteiger partial charge in [0.15, 0.2) is 0 Å². The molecule has 0 aromatic heterocycles. The van der Waals surface area contributed by atoms with Crippen LogP contribution < -0.4 is 11.1 Å². The zero-order valence-electron chi connectivity index (χ0n) is 12.0. The standard InChI is InChI=1S/C17H20N2O2/c1-12(14-3-2-4-15(18)11-14)17(21)19-10-9-13-5-7-16(20)8-6-13/h2-8,11-12,20H,9-10,18H2,1H3,(H,19,21). The topological polar surface area (TPSA) is 75.3 Å². The number of carbonyl (C=O) groups excluding carboxylic acids is 1. The second kappa shape index (κ2) is 6.79. The highest BCUT2D eigenvalue weighted by Gasteiger charge is 2.14. The minimum Gasteiger partial charge on any atom is -0.508 e. The molecule has 0 aliphatic rings. The van der Waals surface area contributed by atoms with Gasteiger partial charge in [-0.25, -0.2) is 0 Å². The van der Waals surface area contributed by atoms with Gasteiger partial charge in [-0.1, -0.05) is 24.3 Å². The lowest BCUT2D eigenvalue weighted by Crippen LogP contribution is -2.29. The maximum Gasteiger partial charge on any atom is 0.227 e. The minimum absolute atomic E-state index is 0.0145. The van der Waals surface area contributed by atoms with E-state index >= 15 is 0 Å². The molecule has 0 aliphatic carbocycles. The normalized spacial score (nSPS) is 11.9. The largest absolute Gasteiger partial charge is 0.508 e. The molecule has 1 amide bonds. The van der Waals surface area contributed by atoms with Crippen molar-refractivity contribution < 1.29 is 9.90 Å². The fraction of sp³-hybridized carbons (Fsp3) is 0.235. The lowest BCUT2D eigenvalue weighted by molar-refractivity contribution is -0.122. The summed E-state index contributed by atoms with van der Waals surface area (Å²) in [6.45, 7) is 2.43. The van der Waals surface area contributed by atoms with Crippen LogP contribution in [0.2, 0.25) is 0 Å². The molecule has 0 saturated carbocycles. The molecule has 110 valence electrons. The van der Waals surface area contributed by atoms with Crippen LogP contribution in [-0.2, 0) is 11.2 Å². The van der Waals surface area contributed by atoms with Gasteiger partial charge in [0.2, 0.25) is 5.91 Å². The Morgan fingerprint density at radius 3 is 2.62 bits per heavy atom. The molecule has 0 bridgehead atoms. The molecule has 21 heavy (non-hydrogen) atoms. The van der Waals surface area contributed by atoms with Crippen LogP contribution in [0.1, 0.15) is 24.0 Å². The molecule has 4 heteroatoms. The third-order valence-corrected chi connectivity index (χ3v) is 3.45. The highest BCUT2D eigenvalue weighted by molar-refractivity contribution is 5.83. The van der Waals surface area contributed by atoms with Crippen LogP contribution in [0.4, 0.5) is 5.69 Å². The monoisotopic (exact) mass is 284 g/mol. The smallest absolute Gasteiger partial charge is 0.227 e. The molecule has 4 N–H and O–H groups in total. The van der Waals surface area contributed by atoms with Crippen molar-refractivity contribution in [2.45, 2.75) is 19.3 Å². The summed E-state index contributed by atoms with van der Waals surface area (Å²) in [4.78, 5) is 12.1. The van der Waals surface area contributed by atoms with E-state index in [-0.39, 0.29) is 17.6 Å². The van der Waals surface area contributed by atoms with Crippen molar-refractivity contribution in [1.82, 2.24) is 5.32 Å². The van der Waals surface area contributed by atoms with Crippen LogP contribution in [0.25, 0.3) is 0 Å². The van der Waals surface area contributed by atoms with Crippen molar-refractivity contribution in [2.24, 2.45) is 0 Å². The Morgan fingerprint density at radius 1 is 1.24 bits per heavy atom. The van der Waals surface area contributed by atoms with E-state index in [1.807, 2.05) is 37.3 Å². The molecule has 2 rings (SSSR count). The van der Waals surface area contributed by atoms with Crippen molar-refractivity contribution in [1.29, 1.82) is 0 Å². The Kier molecular flexibility index (Phi) is 4.82. The zero-order chi connectivity index (χ0) is 15.2. The van der Waals surface area contributed by atoms with Gasteiger partial charge in [-0.15, -0.1) is 0 Å². The molecule has 0 fully saturated rings. The summed E-state index contributed by atoms with van der Waals surface area (Å²) >= 11 is 0. The molecule has 0 radical (unpaired) electrons. The van der Waals surface area contributed by atoms with Crippen LogP contribution >= 0.6 is 0 Å². The molecule has 0 saturated heterocycles. The first kappa shape index (κ1) is 14.9. The lowest BCUT2D eigenvalue weighted by atomic mass is 10.00. The van der Waals surface area contributed by atoms with E-state index < -0.39 is 0 Å². The van der Waals surface area contributed by atoms with Gasteiger partial charge in [0.1, 0.15) is 5.75 Å². The molecule has 1 atom stereocenters. The van der Waals surface area contributed by atoms with Gasteiger partial charge in [0.05, 0.1) is 5.92 Å².